The molecule has 2 aliphatic heterocycles. The van der Waals surface area contributed by atoms with Gasteiger partial charge in [-0.1, -0.05) is 72.5 Å². The Hall–Kier alpha value is -3.08. The molecule has 2 saturated heterocycles. The van der Waals surface area contributed by atoms with E-state index in [0.29, 0.717) is 35.4 Å². The lowest BCUT2D eigenvalue weighted by molar-refractivity contribution is -0.132. The molecule has 0 aliphatic carbocycles. The van der Waals surface area contributed by atoms with E-state index in [2.05, 4.69) is 10.3 Å². The molecule has 3 amide bonds. The van der Waals surface area contributed by atoms with Gasteiger partial charge in [0.15, 0.2) is 0 Å². The van der Waals surface area contributed by atoms with Gasteiger partial charge in [0.25, 0.3) is 5.91 Å². The van der Waals surface area contributed by atoms with Crippen LogP contribution in [0.25, 0.3) is 11.1 Å². The Balaban J connectivity index is 1.15. The highest BCUT2D eigenvalue weighted by Gasteiger charge is 2.29. The van der Waals surface area contributed by atoms with Gasteiger partial charge in [-0.15, -0.1) is 11.3 Å². The molecule has 2 aromatic carbocycles. The number of piperidine rings is 1. The number of para-hydroxylation sites is 1. The third kappa shape index (κ3) is 5.92. The normalized spacial score (nSPS) is 16.3. The number of thiocarbonyl (C=S) groups is 1. The van der Waals surface area contributed by atoms with Crippen molar-refractivity contribution in [3.05, 3.63) is 70.7 Å². The lowest BCUT2D eigenvalue weighted by Gasteiger charge is -2.31. The minimum Gasteiger partial charge on any atom is -0.343 e. The van der Waals surface area contributed by atoms with E-state index in [-0.39, 0.29) is 30.1 Å². The zero-order valence-corrected chi connectivity index (χ0v) is 22.5. The molecule has 1 N–H and O–H groups in total. The lowest BCUT2D eigenvalue weighted by Crippen LogP contribution is -2.40. The first kappa shape index (κ1) is 25.6. The molecule has 37 heavy (non-hydrogen) atoms. The highest BCUT2D eigenvalue weighted by molar-refractivity contribution is 8.23. The number of aromatic nitrogens is 1. The van der Waals surface area contributed by atoms with Gasteiger partial charge < -0.3 is 10.2 Å². The van der Waals surface area contributed by atoms with Crippen LogP contribution in [-0.4, -0.2) is 62.2 Å². The van der Waals surface area contributed by atoms with E-state index < -0.39 is 0 Å². The summed E-state index contributed by atoms with van der Waals surface area (Å²) in [6.07, 6.45) is 1.88. The molecule has 3 heterocycles. The maximum Gasteiger partial charge on any atom is 0.275 e. The molecule has 0 saturated carbocycles. The lowest BCUT2D eigenvalue weighted by atomic mass is 9.97. The van der Waals surface area contributed by atoms with Crippen LogP contribution in [0.15, 0.2) is 60.0 Å². The van der Waals surface area contributed by atoms with Crippen LogP contribution in [0.2, 0.25) is 0 Å². The molecule has 2 aliphatic rings. The highest BCUT2D eigenvalue weighted by atomic mass is 32.2. The first-order valence-corrected chi connectivity index (χ1v) is 14.4. The van der Waals surface area contributed by atoms with Crippen LogP contribution < -0.4 is 5.32 Å². The fourth-order valence-electron chi connectivity index (χ4n) is 4.57. The number of carbonyl (C=O) groups excluding carboxylic acids is 3. The maximum absolute atomic E-state index is 13.0. The Labute approximate surface area is 229 Å². The number of likely N-dealkylation sites (tertiary alicyclic amines) is 1. The SMILES string of the molecule is O=C(Nc1ccccc1-c1ccccc1)c1csc(C2CCN(C(=O)CCN3C(=O)CSC3=S)CC2)n1. The maximum atomic E-state index is 13.0. The van der Waals surface area contributed by atoms with Gasteiger partial charge in [0, 0.05) is 48.6 Å². The summed E-state index contributed by atoms with van der Waals surface area (Å²) in [6.45, 7) is 1.63. The van der Waals surface area contributed by atoms with Gasteiger partial charge in [-0.05, 0) is 24.5 Å². The van der Waals surface area contributed by atoms with Crippen molar-refractivity contribution in [2.75, 3.05) is 30.7 Å². The van der Waals surface area contributed by atoms with Crippen LogP contribution >= 0.6 is 35.3 Å². The van der Waals surface area contributed by atoms with E-state index in [1.54, 1.807) is 5.38 Å². The molecule has 0 bridgehead atoms. The molecule has 5 rings (SSSR count). The van der Waals surface area contributed by atoms with Crippen LogP contribution in [0.3, 0.4) is 0 Å². The van der Waals surface area contributed by atoms with E-state index in [1.165, 1.54) is 28.0 Å². The third-order valence-electron chi connectivity index (χ3n) is 6.60. The molecule has 190 valence electrons. The molecule has 7 nitrogen and oxygen atoms in total. The summed E-state index contributed by atoms with van der Waals surface area (Å²) < 4.78 is 0.559. The Morgan fingerprint density at radius 2 is 1.78 bits per heavy atom. The van der Waals surface area contributed by atoms with Crippen molar-refractivity contribution in [2.45, 2.75) is 25.2 Å². The third-order valence-corrected chi connectivity index (χ3v) is 9.04. The van der Waals surface area contributed by atoms with E-state index in [1.807, 2.05) is 59.5 Å². The number of hydrogen-bond acceptors (Lipinski definition) is 7. The number of rotatable bonds is 7. The summed E-state index contributed by atoms with van der Waals surface area (Å²) in [7, 11) is 0. The van der Waals surface area contributed by atoms with Gasteiger partial charge in [-0.25, -0.2) is 4.98 Å². The van der Waals surface area contributed by atoms with Crippen LogP contribution in [0, 0.1) is 0 Å². The van der Waals surface area contributed by atoms with E-state index in [9.17, 15) is 14.4 Å². The van der Waals surface area contributed by atoms with Crippen molar-refractivity contribution < 1.29 is 14.4 Å². The molecule has 1 aromatic heterocycles. The summed E-state index contributed by atoms with van der Waals surface area (Å²) >= 11 is 8.04. The Kier molecular flexibility index (Phi) is 7.97. The minimum atomic E-state index is -0.231. The highest BCUT2D eigenvalue weighted by Crippen LogP contribution is 2.32. The summed E-state index contributed by atoms with van der Waals surface area (Å²) in [6, 6.07) is 17.7. The van der Waals surface area contributed by atoms with Gasteiger partial charge in [0.1, 0.15) is 10.0 Å². The number of amides is 3. The van der Waals surface area contributed by atoms with Crippen LogP contribution in [0.5, 0.6) is 0 Å². The van der Waals surface area contributed by atoms with Crippen molar-refractivity contribution in [2.24, 2.45) is 0 Å². The number of thioether (sulfide) groups is 1. The Morgan fingerprint density at radius 3 is 2.51 bits per heavy atom. The van der Waals surface area contributed by atoms with Crippen LogP contribution in [0.1, 0.15) is 40.7 Å². The largest absolute Gasteiger partial charge is 0.343 e. The zero-order valence-electron chi connectivity index (χ0n) is 20.1. The Bertz CT molecular complexity index is 1300. The predicted molar refractivity (Wildman–Crippen MR) is 152 cm³/mol. The second-order valence-electron chi connectivity index (χ2n) is 8.94. The zero-order chi connectivity index (χ0) is 25.8. The summed E-state index contributed by atoms with van der Waals surface area (Å²) in [4.78, 5) is 45.6. The molecule has 0 atom stereocenters. The fourth-order valence-corrected chi connectivity index (χ4v) is 6.66. The van der Waals surface area contributed by atoms with Gasteiger partial charge >= 0.3 is 0 Å². The van der Waals surface area contributed by atoms with Crippen molar-refractivity contribution in [3.8, 4) is 11.1 Å². The monoisotopic (exact) mass is 550 g/mol. The molecule has 10 heteroatoms. The number of thiazole rings is 1. The first-order chi connectivity index (χ1) is 18.0. The smallest absolute Gasteiger partial charge is 0.275 e. The molecular weight excluding hydrogens is 525 g/mol. The number of carbonyl (C=O) groups is 3. The second kappa shape index (κ2) is 11.5. The number of benzene rings is 2. The average molecular weight is 551 g/mol. The summed E-state index contributed by atoms with van der Waals surface area (Å²) in [5.41, 5.74) is 3.14. The van der Waals surface area contributed by atoms with Gasteiger partial charge in [0.05, 0.1) is 10.8 Å². The molecule has 0 spiro atoms. The molecule has 0 unspecified atom stereocenters. The number of nitrogens with zero attached hydrogens (tertiary/aromatic N) is 3. The van der Waals surface area contributed by atoms with Gasteiger partial charge in [-0.3, -0.25) is 19.3 Å². The van der Waals surface area contributed by atoms with Crippen molar-refractivity contribution >= 4 is 63.0 Å². The second-order valence-corrected chi connectivity index (χ2v) is 11.4. The molecule has 3 aromatic rings. The predicted octanol–water partition coefficient (Wildman–Crippen LogP) is 5.02. The fraction of sp³-hybridized carbons (Fsp3) is 0.296. The molecular formula is C27H26N4O3S3. The number of anilines is 1. The van der Waals surface area contributed by atoms with Crippen molar-refractivity contribution in [3.63, 3.8) is 0 Å². The van der Waals surface area contributed by atoms with E-state index in [0.717, 1.165) is 34.7 Å². The van der Waals surface area contributed by atoms with Gasteiger partial charge in [-0.2, -0.15) is 0 Å². The minimum absolute atomic E-state index is 0.0197. The molecule has 0 radical (unpaired) electrons. The summed E-state index contributed by atoms with van der Waals surface area (Å²) in [5.74, 6) is 0.379. The van der Waals surface area contributed by atoms with Gasteiger partial charge in [0.2, 0.25) is 11.8 Å². The van der Waals surface area contributed by atoms with Crippen molar-refractivity contribution in [1.82, 2.24) is 14.8 Å². The van der Waals surface area contributed by atoms with Crippen LogP contribution in [0.4, 0.5) is 5.69 Å². The standard InChI is InChI=1S/C27H26N4O3S3/c32-23(12-15-31-24(33)17-37-27(31)35)30-13-10-19(11-14-30)26-29-22(16-36-26)25(34)28-21-9-5-4-8-20(21)18-6-2-1-3-7-18/h1-9,16,19H,10-15,17H2,(H,28,34). The van der Waals surface area contributed by atoms with E-state index in [4.69, 9.17) is 12.2 Å². The first-order valence-electron chi connectivity index (χ1n) is 12.2. The quantitative estimate of drug-likeness (QED) is 0.416. The number of hydrogen-bond donors (Lipinski definition) is 1. The molecule has 2 fully saturated rings. The van der Waals surface area contributed by atoms with Crippen LogP contribution in [-0.2, 0) is 9.59 Å². The topological polar surface area (TPSA) is 82.6 Å². The van der Waals surface area contributed by atoms with E-state index >= 15 is 0 Å². The Morgan fingerprint density at radius 1 is 1.05 bits per heavy atom. The average Bonchev–Trinajstić information content (AvgIpc) is 3.55. The summed E-state index contributed by atoms with van der Waals surface area (Å²) in [5, 5.41) is 5.76. The number of nitrogens with one attached hydrogen (secondary N) is 1. The van der Waals surface area contributed by atoms with Crippen molar-refractivity contribution in [1.29, 1.82) is 0 Å².